The van der Waals surface area contributed by atoms with Crippen molar-refractivity contribution in [2.75, 3.05) is 4.72 Å². The molecule has 0 aliphatic carbocycles. The summed E-state index contributed by atoms with van der Waals surface area (Å²) in [7, 11) is -2.26. The lowest BCUT2D eigenvalue weighted by Crippen LogP contribution is -2.20. The van der Waals surface area contributed by atoms with E-state index in [2.05, 4.69) is 9.71 Å². The van der Waals surface area contributed by atoms with E-state index in [4.69, 9.17) is 4.74 Å². The first kappa shape index (κ1) is 14.6. The number of fused-ring (bicyclic) bond motifs is 1. The fourth-order valence-corrected chi connectivity index (χ4v) is 3.33. The van der Waals surface area contributed by atoms with Gasteiger partial charge in [-0.3, -0.25) is 9.52 Å². The summed E-state index contributed by atoms with van der Waals surface area (Å²) in [6, 6.07) is 5.84. The third-order valence-corrected chi connectivity index (χ3v) is 4.75. The van der Waals surface area contributed by atoms with Crippen molar-refractivity contribution in [2.45, 2.75) is 24.3 Å². The second-order valence-corrected chi connectivity index (χ2v) is 6.91. The predicted octanol–water partition coefficient (Wildman–Crippen LogP) is 0.904. The Hall–Kier alpha value is -2.35. The van der Waals surface area contributed by atoms with Crippen molar-refractivity contribution >= 4 is 15.8 Å². The topological polar surface area (TPSA) is 90.3 Å². The van der Waals surface area contributed by atoms with E-state index >= 15 is 0 Å². The molecule has 22 heavy (non-hydrogen) atoms. The highest BCUT2D eigenvalue weighted by Gasteiger charge is 2.23. The first-order valence-corrected chi connectivity index (χ1v) is 8.18. The molecule has 0 saturated heterocycles. The van der Waals surface area contributed by atoms with Gasteiger partial charge in [0.25, 0.3) is 15.6 Å². The molecule has 1 unspecified atom stereocenters. The van der Waals surface area contributed by atoms with Gasteiger partial charge in [0.15, 0.2) is 0 Å². The van der Waals surface area contributed by atoms with Gasteiger partial charge in [0, 0.05) is 19.5 Å². The van der Waals surface area contributed by atoms with Crippen LogP contribution in [0, 0.1) is 0 Å². The molecule has 0 amide bonds. The summed E-state index contributed by atoms with van der Waals surface area (Å²) in [5.74, 6) is 0.700. The van der Waals surface area contributed by atoms with Crippen LogP contribution in [0.25, 0.3) is 0 Å². The number of sulfonamides is 1. The Morgan fingerprint density at radius 3 is 2.86 bits per heavy atom. The van der Waals surface area contributed by atoms with Gasteiger partial charge in [-0.1, -0.05) is 0 Å². The van der Waals surface area contributed by atoms with E-state index < -0.39 is 10.0 Å². The predicted molar refractivity (Wildman–Crippen MR) is 80.5 cm³/mol. The Morgan fingerprint density at radius 2 is 2.14 bits per heavy atom. The number of nitrogens with zero attached hydrogens (tertiary/aromatic N) is 2. The van der Waals surface area contributed by atoms with Crippen LogP contribution < -0.4 is 15.0 Å². The smallest absolute Gasteiger partial charge is 0.263 e. The van der Waals surface area contributed by atoms with Crippen LogP contribution in [0.1, 0.15) is 12.5 Å². The van der Waals surface area contributed by atoms with E-state index in [0.29, 0.717) is 12.2 Å². The summed E-state index contributed by atoms with van der Waals surface area (Å²) in [5.41, 5.74) is 0.510. The third-order valence-electron chi connectivity index (χ3n) is 3.39. The molecule has 0 radical (unpaired) electrons. The van der Waals surface area contributed by atoms with Crippen molar-refractivity contribution in [1.29, 1.82) is 0 Å². The molecule has 0 bridgehead atoms. The SMILES string of the molecule is CC1Cc2cc(S(=O)(=O)Nc3cc(=O)n(C)cn3)ccc2O1. The summed E-state index contributed by atoms with van der Waals surface area (Å²) in [5, 5.41) is 0. The molecule has 8 heteroatoms. The van der Waals surface area contributed by atoms with Crippen molar-refractivity contribution in [2.24, 2.45) is 7.05 Å². The van der Waals surface area contributed by atoms with Gasteiger partial charge in [-0.2, -0.15) is 0 Å². The van der Waals surface area contributed by atoms with Crippen LogP contribution >= 0.6 is 0 Å². The fourth-order valence-electron chi connectivity index (χ4n) is 2.28. The molecule has 1 aliphatic rings. The van der Waals surface area contributed by atoms with Gasteiger partial charge in [-0.15, -0.1) is 0 Å². The lowest BCUT2D eigenvalue weighted by molar-refractivity contribution is 0.254. The summed E-state index contributed by atoms with van der Waals surface area (Å²) >= 11 is 0. The number of anilines is 1. The van der Waals surface area contributed by atoms with Crippen molar-refractivity contribution in [3.8, 4) is 5.75 Å². The van der Waals surface area contributed by atoms with Crippen LogP contribution in [0.15, 0.2) is 40.3 Å². The number of hydrogen-bond acceptors (Lipinski definition) is 5. The van der Waals surface area contributed by atoms with Crippen LogP contribution in [-0.2, 0) is 23.5 Å². The van der Waals surface area contributed by atoms with Gasteiger partial charge < -0.3 is 9.30 Å². The second-order valence-electron chi connectivity index (χ2n) is 5.23. The molecule has 2 heterocycles. The lowest BCUT2D eigenvalue weighted by atomic mass is 10.1. The molecule has 116 valence electrons. The maximum absolute atomic E-state index is 12.4. The molecule has 1 aromatic carbocycles. The monoisotopic (exact) mass is 321 g/mol. The zero-order chi connectivity index (χ0) is 15.9. The molecule has 1 aliphatic heterocycles. The van der Waals surface area contributed by atoms with E-state index in [-0.39, 0.29) is 22.4 Å². The van der Waals surface area contributed by atoms with E-state index in [0.717, 1.165) is 11.6 Å². The van der Waals surface area contributed by atoms with Crippen molar-refractivity contribution < 1.29 is 13.2 Å². The number of hydrogen-bond donors (Lipinski definition) is 1. The number of benzene rings is 1. The molecule has 1 aromatic heterocycles. The lowest BCUT2D eigenvalue weighted by Gasteiger charge is -2.08. The Balaban J connectivity index is 1.92. The van der Waals surface area contributed by atoms with E-state index in [1.165, 1.54) is 24.0 Å². The van der Waals surface area contributed by atoms with Crippen LogP contribution in [0.5, 0.6) is 5.75 Å². The minimum absolute atomic E-state index is 0.00628. The minimum Gasteiger partial charge on any atom is -0.490 e. The summed E-state index contributed by atoms with van der Waals surface area (Å²) in [4.78, 5) is 15.5. The molecule has 3 rings (SSSR count). The highest BCUT2D eigenvalue weighted by atomic mass is 32.2. The third kappa shape index (κ3) is 2.69. The molecule has 0 saturated carbocycles. The number of rotatable bonds is 3. The molecule has 1 N–H and O–H groups in total. The molecule has 2 aromatic rings. The van der Waals surface area contributed by atoms with Crippen molar-refractivity contribution in [3.05, 3.63) is 46.5 Å². The van der Waals surface area contributed by atoms with E-state index in [1.54, 1.807) is 12.1 Å². The highest BCUT2D eigenvalue weighted by molar-refractivity contribution is 7.92. The molecule has 0 spiro atoms. The van der Waals surface area contributed by atoms with Gasteiger partial charge >= 0.3 is 0 Å². The fraction of sp³-hybridized carbons (Fsp3) is 0.286. The number of nitrogens with one attached hydrogen (secondary N) is 1. The summed E-state index contributed by atoms with van der Waals surface area (Å²) in [6.45, 7) is 1.93. The number of aromatic nitrogens is 2. The first-order chi connectivity index (χ1) is 10.3. The second kappa shape index (κ2) is 5.13. The summed E-state index contributed by atoms with van der Waals surface area (Å²) in [6.07, 6.45) is 1.97. The van der Waals surface area contributed by atoms with E-state index in [1.807, 2.05) is 6.92 Å². The van der Waals surface area contributed by atoms with E-state index in [9.17, 15) is 13.2 Å². The Kier molecular flexibility index (Phi) is 3.40. The van der Waals surface area contributed by atoms with Gasteiger partial charge in [0.1, 0.15) is 17.7 Å². The maximum Gasteiger partial charge on any atom is 0.263 e. The van der Waals surface area contributed by atoms with Crippen LogP contribution in [-0.4, -0.2) is 24.1 Å². The average molecular weight is 321 g/mol. The molecule has 7 nitrogen and oxygen atoms in total. The Morgan fingerprint density at radius 1 is 1.36 bits per heavy atom. The van der Waals surface area contributed by atoms with Crippen LogP contribution in [0.3, 0.4) is 0 Å². The zero-order valence-corrected chi connectivity index (χ0v) is 12.9. The van der Waals surface area contributed by atoms with Crippen LogP contribution in [0.2, 0.25) is 0 Å². The van der Waals surface area contributed by atoms with Crippen LogP contribution in [0.4, 0.5) is 5.82 Å². The molecular weight excluding hydrogens is 306 g/mol. The van der Waals surface area contributed by atoms with Gasteiger partial charge in [0.05, 0.1) is 11.2 Å². The van der Waals surface area contributed by atoms with Gasteiger partial charge in [0.2, 0.25) is 0 Å². The molecular formula is C14H15N3O4S. The van der Waals surface area contributed by atoms with Gasteiger partial charge in [-0.25, -0.2) is 13.4 Å². The summed E-state index contributed by atoms with van der Waals surface area (Å²) < 4.78 is 33.9. The standard InChI is InChI=1S/C14H15N3O4S/c1-9-5-10-6-11(3-4-12(10)21-9)22(19,20)16-13-7-14(18)17(2)8-15-13/h3-4,6-9,16H,5H2,1-2H3. The largest absolute Gasteiger partial charge is 0.490 e. The quantitative estimate of drug-likeness (QED) is 0.907. The number of aryl methyl sites for hydroxylation is 1. The highest BCUT2D eigenvalue weighted by Crippen LogP contribution is 2.31. The number of ether oxygens (including phenoxy) is 1. The minimum atomic E-state index is -3.80. The maximum atomic E-state index is 12.4. The van der Waals surface area contributed by atoms with Crippen molar-refractivity contribution in [3.63, 3.8) is 0 Å². The molecule has 0 fully saturated rings. The first-order valence-electron chi connectivity index (χ1n) is 6.70. The van der Waals surface area contributed by atoms with Gasteiger partial charge in [-0.05, 0) is 30.7 Å². The average Bonchev–Trinajstić information content (AvgIpc) is 2.81. The Labute approximate surface area is 127 Å². The van der Waals surface area contributed by atoms with Crippen molar-refractivity contribution in [1.82, 2.24) is 9.55 Å². The molecule has 1 atom stereocenters. The Bertz CT molecular complexity index is 889. The zero-order valence-electron chi connectivity index (χ0n) is 12.1. The normalized spacial score (nSPS) is 16.9.